The maximum atomic E-state index is 12.2. The molecule has 6 nitrogen and oxygen atoms in total. The lowest BCUT2D eigenvalue weighted by atomic mass is 10.2. The van der Waals surface area contributed by atoms with Crippen molar-refractivity contribution in [3.8, 4) is 0 Å². The second kappa shape index (κ2) is 6.36. The highest BCUT2D eigenvalue weighted by Gasteiger charge is 2.35. The molecule has 0 spiro atoms. The normalized spacial score (nSPS) is 17.2. The molecule has 2 aliphatic rings. The highest BCUT2D eigenvalue weighted by molar-refractivity contribution is 5.81. The molecule has 0 atom stereocenters. The third-order valence-electron chi connectivity index (χ3n) is 4.70. The number of carbonyl (C=O) groups excluding carboxylic acids is 1. The first kappa shape index (κ1) is 15.3. The summed E-state index contributed by atoms with van der Waals surface area (Å²) in [7, 11) is 2.09. The van der Waals surface area contributed by atoms with Gasteiger partial charge in [0.25, 0.3) is 0 Å². The maximum Gasteiger partial charge on any atom is 0.226 e. The van der Waals surface area contributed by atoms with Gasteiger partial charge in [-0.1, -0.05) is 6.07 Å². The molecule has 6 heteroatoms. The van der Waals surface area contributed by atoms with Crippen molar-refractivity contribution >= 4 is 5.91 Å². The van der Waals surface area contributed by atoms with Crippen LogP contribution >= 0.6 is 0 Å². The van der Waals surface area contributed by atoms with Crippen LogP contribution in [-0.4, -0.2) is 43.8 Å². The minimum atomic E-state index is 0.289. The summed E-state index contributed by atoms with van der Waals surface area (Å²) < 4.78 is 2.20. The van der Waals surface area contributed by atoms with Gasteiger partial charge in [0.1, 0.15) is 5.82 Å². The molecule has 1 fully saturated rings. The first-order chi connectivity index (χ1) is 11.7. The highest BCUT2D eigenvalue weighted by Crippen LogP contribution is 2.32. The smallest absolute Gasteiger partial charge is 0.226 e. The van der Waals surface area contributed by atoms with Crippen molar-refractivity contribution in [2.45, 2.75) is 39.0 Å². The Morgan fingerprint density at radius 3 is 2.96 bits per heavy atom. The topological polar surface area (TPSA) is 54.3 Å². The lowest BCUT2D eigenvalue weighted by Crippen LogP contribution is -2.39. The van der Waals surface area contributed by atoms with E-state index in [2.05, 4.69) is 33.8 Å². The number of aromatic nitrogens is 3. The van der Waals surface area contributed by atoms with E-state index in [0.29, 0.717) is 12.5 Å². The Bertz CT molecular complexity index is 722. The molecule has 1 amide bonds. The van der Waals surface area contributed by atoms with Gasteiger partial charge in [-0.3, -0.25) is 14.7 Å². The molecule has 126 valence electrons. The van der Waals surface area contributed by atoms with Gasteiger partial charge in [0.15, 0.2) is 0 Å². The Balaban J connectivity index is 1.38. The Kier molecular flexibility index (Phi) is 4.06. The van der Waals surface area contributed by atoms with Gasteiger partial charge < -0.3 is 9.47 Å². The van der Waals surface area contributed by atoms with Crippen LogP contribution < -0.4 is 0 Å². The molecule has 0 aromatic carbocycles. The van der Waals surface area contributed by atoms with Crippen LogP contribution in [0.25, 0.3) is 0 Å². The van der Waals surface area contributed by atoms with Crippen molar-refractivity contribution in [1.82, 2.24) is 24.3 Å². The molecule has 0 bridgehead atoms. The molecule has 1 saturated carbocycles. The number of pyridine rings is 1. The summed E-state index contributed by atoms with van der Waals surface area (Å²) in [6.07, 6.45) is 7.95. The Morgan fingerprint density at radius 2 is 2.21 bits per heavy atom. The minimum Gasteiger partial charge on any atom is -0.333 e. The highest BCUT2D eigenvalue weighted by atomic mass is 16.2. The molecule has 1 aliphatic carbocycles. The van der Waals surface area contributed by atoms with Gasteiger partial charge in [0, 0.05) is 50.7 Å². The Morgan fingerprint density at radius 1 is 1.33 bits per heavy atom. The van der Waals surface area contributed by atoms with Crippen LogP contribution in [0.4, 0.5) is 0 Å². The lowest BCUT2D eigenvalue weighted by Gasteiger charge is -2.27. The first-order valence-electron chi connectivity index (χ1n) is 8.60. The van der Waals surface area contributed by atoms with Crippen molar-refractivity contribution < 1.29 is 4.79 Å². The van der Waals surface area contributed by atoms with E-state index in [0.717, 1.165) is 50.5 Å². The van der Waals surface area contributed by atoms with Crippen LogP contribution in [0.1, 0.15) is 29.9 Å². The first-order valence-corrected chi connectivity index (χ1v) is 8.60. The van der Waals surface area contributed by atoms with E-state index in [1.807, 2.05) is 17.2 Å². The van der Waals surface area contributed by atoms with Crippen molar-refractivity contribution in [2.75, 3.05) is 13.6 Å². The molecule has 2 aromatic heterocycles. The van der Waals surface area contributed by atoms with Crippen LogP contribution in [-0.2, 0) is 31.0 Å². The number of imidazole rings is 1. The summed E-state index contributed by atoms with van der Waals surface area (Å²) in [5.41, 5.74) is 2.27. The predicted molar refractivity (Wildman–Crippen MR) is 89.8 cm³/mol. The average Bonchev–Trinajstić information content (AvgIpc) is 3.35. The van der Waals surface area contributed by atoms with Crippen LogP contribution in [0.3, 0.4) is 0 Å². The lowest BCUT2D eigenvalue weighted by molar-refractivity contribution is -0.134. The minimum absolute atomic E-state index is 0.289. The standard InChI is InChI=1S/C18H23N5O/c1-21(10-14-3-2-6-19-9-14)11-16-12-22-7-8-23(13-17(22)20-16)18(24)15-4-5-15/h2-3,6,9,12,15H,4-5,7-8,10-11,13H2,1H3. The molecular weight excluding hydrogens is 302 g/mol. The van der Waals surface area contributed by atoms with Crippen molar-refractivity contribution in [3.63, 3.8) is 0 Å². The van der Waals surface area contributed by atoms with Gasteiger partial charge in [-0.25, -0.2) is 4.98 Å². The second-order valence-electron chi connectivity index (χ2n) is 6.91. The number of hydrogen-bond donors (Lipinski definition) is 0. The van der Waals surface area contributed by atoms with Gasteiger partial charge in [0.2, 0.25) is 5.91 Å². The summed E-state index contributed by atoms with van der Waals surface area (Å²) in [6, 6.07) is 4.05. The summed E-state index contributed by atoms with van der Waals surface area (Å²) in [5, 5.41) is 0. The summed E-state index contributed by atoms with van der Waals surface area (Å²) in [6.45, 7) is 3.96. The molecule has 0 radical (unpaired) electrons. The van der Waals surface area contributed by atoms with E-state index in [1.165, 1.54) is 5.56 Å². The molecule has 2 aromatic rings. The maximum absolute atomic E-state index is 12.2. The average molecular weight is 325 g/mol. The predicted octanol–water partition coefficient (Wildman–Crippen LogP) is 1.66. The van der Waals surface area contributed by atoms with E-state index in [4.69, 9.17) is 4.98 Å². The third kappa shape index (κ3) is 3.33. The quantitative estimate of drug-likeness (QED) is 0.839. The number of carbonyl (C=O) groups is 1. The van der Waals surface area contributed by atoms with Gasteiger partial charge in [-0.05, 0) is 31.5 Å². The Labute approximate surface area is 142 Å². The molecule has 0 N–H and O–H groups in total. The number of fused-ring (bicyclic) bond motifs is 1. The molecule has 1 aliphatic heterocycles. The fraction of sp³-hybridized carbons (Fsp3) is 0.500. The number of amides is 1. The van der Waals surface area contributed by atoms with Crippen molar-refractivity contribution in [2.24, 2.45) is 5.92 Å². The number of hydrogen-bond acceptors (Lipinski definition) is 4. The monoisotopic (exact) mass is 325 g/mol. The molecule has 0 saturated heterocycles. The van der Waals surface area contributed by atoms with Gasteiger partial charge >= 0.3 is 0 Å². The van der Waals surface area contributed by atoms with E-state index in [9.17, 15) is 4.79 Å². The van der Waals surface area contributed by atoms with Gasteiger partial charge in [-0.15, -0.1) is 0 Å². The van der Waals surface area contributed by atoms with Crippen LogP contribution in [0.5, 0.6) is 0 Å². The molecule has 4 rings (SSSR count). The summed E-state index contributed by atoms with van der Waals surface area (Å²) in [4.78, 5) is 25.4. The van der Waals surface area contributed by atoms with Crippen LogP contribution in [0.15, 0.2) is 30.7 Å². The van der Waals surface area contributed by atoms with E-state index in [-0.39, 0.29) is 5.92 Å². The largest absolute Gasteiger partial charge is 0.333 e. The van der Waals surface area contributed by atoms with E-state index in [1.54, 1.807) is 6.20 Å². The molecular formula is C18H23N5O. The second-order valence-corrected chi connectivity index (χ2v) is 6.91. The SMILES string of the molecule is CN(Cc1cccnc1)Cc1cn2c(n1)CN(C(=O)C1CC1)CC2. The third-order valence-corrected chi connectivity index (χ3v) is 4.70. The zero-order valence-electron chi connectivity index (χ0n) is 14.1. The van der Waals surface area contributed by atoms with E-state index >= 15 is 0 Å². The fourth-order valence-electron chi connectivity index (χ4n) is 3.30. The molecule has 3 heterocycles. The number of nitrogens with zero attached hydrogens (tertiary/aromatic N) is 5. The zero-order chi connectivity index (χ0) is 16.5. The van der Waals surface area contributed by atoms with Gasteiger partial charge in [-0.2, -0.15) is 0 Å². The van der Waals surface area contributed by atoms with Crippen LogP contribution in [0, 0.1) is 5.92 Å². The summed E-state index contributed by atoms with van der Waals surface area (Å²) in [5.74, 6) is 1.62. The fourth-order valence-corrected chi connectivity index (χ4v) is 3.30. The van der Waals surface area contributed by atoms with Gasteiger partial charge in [0.05, 0.1) is 12.2 Å². The zero-order valence-corrected chi connectivity index (χ0v) is 14.1. The molecule has 24 heavy (non-hydrogen) atoms. The van der Waals surface area contributed by atoms with E-state index < -0.39 is 0 Å². The molecule has 0 unspecified atom stereocenters. The Hall–Kier alpha value is -2.21. The van der Waals surface area contributed by atoms with Crippen molar-refractivity contribution in [3.05, 3.63) is 47.8 Å². The summed E-state index contributed by atoms with van der Waals surface area (Å²) >= 11 is 0. The number of rotatable bonds is 5. The van der Waals surface area contributed by atoms with Crippen LogP contribution in [0.2, 0.25) is 0 Å². The van der Waals surface area contributed by atoms with Crippen molar-refractivity contribution in [1.29, 1.82) is 0 Å².